The van der Waals surface area contributed by atoms with Gasteiger partial charge in [0.25, 0.3) is 0 Å². The van der Waals surface area contributed by atoms with E-state index in [-0.39, 0.29) is 25.4 Å². The molecule has 3 rings (SSSR count). The third kappa shape index (κ3) is 7.55. The van der Waals surface area contributed by atoms with Crippen LogP contribution in [0.3, 0.4) is 0 Å². The molecule has 2 aliphatic rings. The van der Waals surface area contributed by atoms with Crippen LogP contribution in [0.15, 0.2) is 61.2 Å². The van der Waals surface area contributed by atoms with E-state index in [0.717, 1.165) is 17.2 Å². The minimum Gasteiger partial charge on any atom is -0.493 e. The highest BCUT2D eigenvalue weighted by Crippen LogP contribution is 2.33. The third-order valence-electron chi connectivity index (χ3n) is 5.46. The number of ether oxygens (including phenoxy) is 7. The van der Waals surface area contributed by atoms with Gasteiger partial charge in [0.2, 0.25) is 0 Å². The Labute approximate surface area is 210 Å². The molecule has 1 heterocycles. The normalized spacial score (nSPS) is 19.0. The summed E-state index contributed by atoms with van der Waals surface area (Å²) < 4.78 is 37.9. The number of hydrogen-bond donors (Lipinski definition) is 0. The van der Waals surface area contributed by atoms with Crippen molar-refractivity contribution in [2.45, 2.75) is 12.2 Å². The maximum atomic E-state index is 11.9. The minimum absolute atomic E-state index is 0.0102. The lowest BCUT2D eigenvalue weighted by Crippen LogP contribution is -2.33. The van der Waals surface area contributed by atoms with E-state index in [1.54, 1.807) is 19.3 Å². The molecule has 1 aliphatic carbocycles. The van der Waals surface area contributed by atoms with Crippen LogP contribution in [-0.4, -0.2) is 78.0 Å². The van der Waals surface area contributed by atoms with E-state index < -0.39 is 24.1 Å². The first-order valence-corrected chi connectivity index (χ1v) is 11.5. The van der Waals surface area contributed by atoms with Gasteiger partial charge in [-0.2, -0.15) is 0 Å². The lowest BCUT2D eigenvalue weighted by atomic mass is 9.96. The van der Waals surface area contributed by atoms with Crippen molar-refractivity contribution in [2.75, 3.05) is 53.9 Å². The highest BCUT2D eigenvalue weighted by molar-refractivity contribution is 5.88. The number of hydrogen-bond acceptors (Lipinski definition) is 9. The van der Waals surface area contributed by atoms with Gasteiger partial charge in [-0.05, 0) is 29.3 Å². The van der Waals surface area contributed by atoms with Crippen LogP contribution < -0.4 is 9.47 Å². The smallest absolute Gasteiger partial charge is 0.335 e. The molecule has 0 saturated carbocycles. The molecule has 1 aromatic rings. The summed E-state index contributed by atoms with van der Waals surface area (Å²) in [4.78, 5) is 23.8. The molecular formula is C27H32O9. The topological polar surface area (TPSA) is 98.8 Å². The number of carbonyl (C=O) groups excluding carboxylic acids is 2. The molecule has 1 saturated heterocycles. The Kier molecular flexibility index (Phi) is 10.3. The van der Waals surface area contributed by atoms with E-state index in [4.69, 9.17) is 33.2 Å². The van der Waals surface area contributed by atoms with Gasteiger partial charge in [0.05, 0.1) is 45.7 Å². The van der Waals surface area contributed by atoms with Crippen LogP contribution in [0.1, 0.15) is 5.56 Å². The standard InChI is InChI=1S/C27H32O9/c1-5-26(28)36-25-13-21(7-9-23(25)33-10-11-34-27(29)18(2)14-30-3)20-6-8-22(24(12-20)31-4)35-17-19-15-32-16-19/h5-9,12-13,19,23,25H,1-2,10-11,14-17H2,3-4H3. The Balaban J connectivity index is 1.64. The number of benzene rings is 1. The number of rotatable bonds is 14. The van der Waals surface area contributed by atoms with Crippen molar-refractivity contribution in [1.29, 1.82) is 0 Å². The van der Waals surface area contributed by atoms with Gasteiger partial charge >= 0.3 is 11.9 Å². The molecule has 0 spiro atoms. The molecule has 2 atom stereocenters. The van der Waals surface area contributed by atoms with Crippen molar-refractivity contribution in [2.24, 2.45) is 5.92 Å². The molecule has 9 heteroatoms. The average Bonchev–Trinajstić information content (AvgIpc) is 2.86. The second-order valence-electron chi connectivity index (χ2n) is 8.17. The van der Waals surface area contributed by atoms with Crippen molar-refractivity contribution in [3.05, 3.63) is 66.8 Å². The zero-order valence-corrected chi connectivity index (χ0v) is 20.6. The van der Waals surface area contributed by atoms with E-state index in [0.29, 0.717) is 37.2 Å². The summed E-state index contributed by atoms with van der Waals surface area (Å²) in [6.07, 6.45) is 5.25. The van der Waals surface area contributed by atoms with Gasteiger partial charge in [0.15, 0.2) is 17.6 Å². The third-order valence-corrected chi connectivity index (χ3v) is 5.46. The molecule has 0 radical (unpaired) electrons. The fraction of sp³-hybridized carbons (Fsp3) is 0.407. The molecule has 0 aromatic heterocycles. The van der Waals surface area contributed by atoms with Crippen molar-refractivity contribution in [3.63, 3.8) is 0 Å². The molecule has 1 fully saturated rings. The highest BCUT2D eigenvalue weighted by Gasteiger charge is 2.26. The van der Waals surface area contributed by atoms with Crippen molar-refractivity contribution in [1.82, 2.24) is 0 Å². The molecule has 194 valence electrons. The van der Waals surface area contributed by atoms with Gasteiger partial charge in [-0.3, -0.25) is 0 Å². The number of carbonyl (C=O) groups is 2. The second kappa shape index (κ2) is 13.6. The van der Waals surface area contributed by atoms with E-state index >= 15 is 0 Å². The molecular weight excluding hydrogens is 468 g/mol. The van der Waals surface area contributed by atoms with Crippen LogP contribution in [-0.2, 0) is 33.3 Å². The first kappa shape index (κ1) is 27.2. The highest BCUT2D eigenvalue weighted by atomic mass is 16.6. The molecule has 1 aromatic carbocycles. The predicted molar refractivity (Wildman–Crippen MR) is 132 cm³/mol. The minimum atomic E-state index is -0.713. The lowest BCUT2D eigenvalue weighted by Gasteiger charge is -2.27. The molecule has 36 heavy (non-hydrogen) atoms. The van der Waals surface area contributed by atoms with Crippen LogP contribution in [0.2, 0.25) is 0 Å². The first-order chi connectivity index (χ1) is 17.4. The Bertz CT molecular complexity index is 1010. The van der Waals surface area contributed by atoms with E-state index in [1.165, 1.54) is 7.11 Å². The quantitative estimate of drug-likeness (QED) is 0.217. The van der Waals surface area contributed by atoms with Gasteiger partial charge < -0.3 is 33.2 Å². The summed E-state index contributed by atoms with van der Waals surface area (Å²) in [6.45, 7) is 9.23. The van der Waals surface area contributed by atoms with Crippen LogP contribution >= 0.6 is 0 Å². The summed E-state index contributed by atoms with van der Waals surface area (Å²) in [5.41, 5.74) is 1.88. The van der Waals surface area contributed by atoms with Gasteiger partial charge in [-0.15, -0.1) is 0 Å². The fourth-order valence-electron chi connectivity index (χ4n) is 3.47. The van der Waals surface area contributed by atoms with Gasteiger partial charge in [0.1, 0.15) is 12.7 Å². The number of allylic oxidation sites excluding steroid dienone is 2. The van der Waals surface area contributed by atoms with Gasteiger partial charge in [-0.25, -0.2) is 9.59 Å². The second-order valence-corrected chi connectivity index (χ2v) is 8.17. The Morgan fingerprint density at radius 1 is 1.14 bits per heavy atom. The maximum Gasteiger partial charge on any atom is 0.335 e. The Morgan fingerprint density at radius 3 is 2.61 bits per heavy atom. The van der Waals surface area contributed by atoms with Crippen LogP contribution in [0.5, 0.6) is 11.5 Å². The summed E-state index contributed by atoms with van der Waals surface area (Å²) in [7, 11) is 3.05. The summed E-state index contributed by atoms with van der Waals surface area (Å²) in [5, 5.41) is 0. The van der Waals surface area contributed by atoms with Crippen molar-refractivity contribution >= 4 is 17.5 Å². The maximum absolute atomic E-state index is 11.9. The largest absolute Gasteiger partial charge is 0.493 e. The van der Waals surface area contributed by atoms with Crippen LogP contribution in [0.4, 0.5) is 0 Å². The SMILES string of the molecule is C=CC(=O)OC1C=C(c2ccc(OCC3COC3)c(OC)c2)C=CC1OCCOC(=O)C(=C)COC. The zero-order valence-electron chi connectivity index (χ0n) is 20.6. The average molecular weight is 501 g/mol. The van der Waals surface area contributed by atoms with Crippen molar-refractivity contribution in [3.8, 4) is 11.5 Å². The van der Waals surface area contributed by atoms with Gasteiger partial charge in [0, 0.05) is 19.1 Å². The van der Waals surface area contributed by atoms with Crippen molar-refractivity contribution < 1.29 is 42.7 Å². The van der Waals surface area contributed by atoms with Crippen LogP contribution in [0.25, 0.3) is 5.57 Å². The van der Waals surface area contributed by atoms with E-state index in [9.17, 15) is 9.59 Å². The summed E-state index contributed by atoms with van der Waals surface area (Å²) in [5.74, 6) is 0.495. The number of esters is 2. The molecule has 0 N–H and O–H groups in total. The Hall–Kier alpha value is -3.40. The van der Waals surface area contributed by atoms with E-state index in [2.05, 4.69) is 13.2 Å². The summed E-state index contributed by atoms with van der Waals surface area (Å²) >= 11 is 0. The first-order valence-electron chi connectivity index (χ1n) is 11.5. The molecule has 9 nitrogen and oxygen atoms in total. The number of methoxy groups -OCH3 is 2. The fourth-order valence-corrected chi connectivity index (χ4v) is 3.47. The molecule has 0 amide bonds. The van der Waals surface area contributed by atoms with E-state index in [1.807, 2.05) is 24.3 Å². The zero-order chi connectivity index (χ0) is 25.9. The van der Waals surface area contributed by atoms with Crippen LogP contribution in [0, 0.1) is 5.92 Å². The predicted octanol–water partition coefficient (Wildman–Crippen LogP) is 2.90. The summed E-state index contributed by atoms with van der Waals surface area (Å²) in [6, 6.07) is 5.62. The van der Waals surface area contributed by atoms with Gasteiger partial charge in [-0.1, -0.05) is 31.4 Å². The monoisotopic (exact) mass is 500 g/mol. The molecule has 2 unspecified atom stereocenters. The molecule has 0 bridgehead atoms. The molecule has 1 aliphatic heterocycles. The Morgan fingerprint density at radius 2 is 1.94 bits per heavy atom. The lowest BCUT2D eigenvalue weighted by molar-refractivity contribution is -0.147.